The average molecular weight is 599 g/mol. The summed E-state index contributed by atoms with van der Waals surface area (Å²) in [5.74, 6) is 1.35. The molecule has 8 nitrogen and oxygen atoms in total. The standard InChI is InChI=1S/C34H34N4O4.ClH/c1-5-8-29-28(32(39)38(21(2)35-29)25-15-16-30-24(20-25)17-18-34(3,4)41-30)19-22-11-13-23(14-12-22)26-9-6-7-10-27(26)31-36-33(40)42-37-31;/h6-7,9-16,20H,5,8,17-19H2,1-4H3,(H,36,37,40);1H. The van der Waals surface area contributed by atoms with E-state index in [2.05, 4.69) is 37.0 Å². The molecule has 0 radical (unpaired) electrons. The van der Waals surface area contributed by atoms with Gasteiger partial charge in [-0.1, -0.05) is 67.0 Å². The van der Waals surface area contributed by atoms with E-state index in [1.807, 2.05) is 67.6 Å². The third-order valence-corrected chi connectivity index (χ3v) is 7.87. The van der Waals surface area contributed by atoms with Crippen LogP contribution in [0.25, 0.3) is 28.2 Å². The molecule has 0 amide bonds. The van der Waals surface area contributed by atoms with E-state index >= 15 is 0 Å². The number of hydrogen-bond donors (Lipinski definition) is 1. The second-order valence-electron chi connectivity index (χ2n) is 11.5. The van der Waals surface area contributed by atoms with Crippen LogP contribution >= 0.6 is 12.4 Å². The predicted molar refractivity (Wildman–Crippen MR) is 170 cm³/mol. The van der Waals surface area contributed by atoms with Crippen molar-refractivity contribution in [3.05, 3.63) is 116 Å². The maximum Gasteiger partial charge on any atom is 0.439 e. The Kier molecular flexibility index (Phi) is 8.42. The Hall–Kier alpha value is -4.43. The Bertz CT molecular complexity index is 1890. The number of ether oxygens (including phenoxy) is 1. The monoisotopic (exact) mass is 598 g/mol. The van der Waals surface area contributed by atoms with E-state index in [0.717, 1.165) is 70.6 Å². The Morgan fingerprint density at radius 3 is 2.44 bits per heavy atom. The highest BCUT2D eigenvalue weighted by molar-refractivity contribution is 5.85. The van der Waals surface area contributed by atoms with Crippen molar-refractivity contribution in [3.8, 4) is 34.0 Å². The SMILES string of the molecule is CCCc1nc(C)n(-c2ccc3c(c2)CCC(C)(C)O3)c(=O)c1Cc1ccc(-c2ccccc2-c2noc(=O)[nH]2)cc1.Cl. The molecule has 1 aliphatic heterocycles. The summed E-state index contributed by atoms with van der Waals surface area (Å²) >= 11 is 0. The first kappa shape index (κ1) is 30.0. The van der Waals surface area contributed by atoms with Gasteiger partial charge in [0.25, 0.3) is 5.56 Å². The number of hydrogen-bond acceptors (Lipinski definition) is 6. The van der Waals surface area contributed by atoms with Gasteiger partial charge in [0.2, 0.25) is 0 Å². The molecule has 0 bridgehead atoms. The fourth-order valence-electron chi connectivity index (χ4n) is 5.72. The number of fused-ring (bicyclic) bond motifs is 1. The summed E-state index contributed by atoms with van der Waals surface area (Å²) in [6.07, 6.45) is 3.94. The molecule has 222 valence electrons. The van der Waals surface area contributed by atoms with Gasteiger partial charge in [-0.3, -0.25) is 18.9 Å². The first-order valence-corrected chi connectivity index (χ1v) is 14.4. The maximum atomic E-state index is 14.1. The molecule has 1 aliphatic rings. The number of aryl methyl sites for hydroxylation is 3. The zero-order chi connectivity index (χ0) is 29.4. The van der Waals surface area contributed by atoms with Crippen LogP contribution in [0.15, 0.2) is 80.8 Å². The van der Waals surface area contributed by atoms with Gasteiger partial charge in [-0.2, -0.15) is 0 Å². The maximum absolute atomic E-state index is 14.1. The molecular formula is C34H35ClN4O4. The molecule has 0 fully saturated rings. The van der Waals surface area contributed by atoms with Crippen molar-refractivity contribution in [2.75, 3.05) is 0 Å². The quantitative estimate of drug-likeness (QED) is 0.226. The van der Waals surface area contributed by atoms with Crippen molar-refractivity contribution in [2.24, 2.45) is 0 Å². The minimum Gasteiger partial charge on any atom is -0.488 e. The van der Waals surface area contributed by atoms with E-state index in [1.54, 1.807) is 4.57 Å². The molecule has 0 atom stereocenters. The summed E-state index contributed by atoms with van der Waals surface area (Å²) in [4.78, 5) is 33.2. The molecular weight excluding hydrogens is 564 g/mol. The van der Waals surface area contributed by atoms with Crippen LogP contribution in [0.1, 0.15) is 61.8 Å². The Labute approximate surface area is 256 Å². The van der Waals surface area contributed by atoms with Crippen LogP contribution in [0.2, 0.25) is 0 Å². The minimum absolute atomic E-state index is 0. The highest BCUT2D eigenvalue weighted by Crippen LogP contribution is 2.34. The van der Waals surface area contributed by atoms with Crippen molar-refractivity contribution >= 4 is 12.4 Å². The highest BCUT2D eigenvalue weighted by atomic mass is 35.5. The molecule has 3 heterocycles. The molecule has 0 saturated carbocycles. The van der Waals surface area contributed by atoms with Gasteiger partial charge in [0, 0.05) is 17.5 Å². The lowest BCUT2D eigenvalue weighted by Gasteiger charge is -2.32. The van der Waals surface area contributed by atoms with E-state index in [1.165, 1.54) is 0 Å². The largest absolute Gasteiger partial charge is 0.488 e. The van der Waals surface area contributed by atoms with Crippen molar-refractivity contribution in [2.45, 2.75) is 65.4 Å². The zero-order valence-electron chi connectivity index (χ0n) is 24.8. The summed E-state index contributed by atoms with van der Waals surface area (Å²) in [6.45, 7) is 8.21. The van der Waals surface area contributed by atoms with E-state index in [9.17, 15) is 9.59 Å². The van der Waals surface area contributed by atoms with Crippen molar-refractivity contribution in [3.63, 3.8) is 0 Å². The number of halogens is 1. The molecule has 0 spiro atoms. The summed E-state index contributed by atoms with van der Waals surface area (Å²) in [6, 6.07) is 21.8. The Balaban J connectivity index is 0.00000368. The topological polar surface area (TPSA) is 103 Å². The number of benzene rings is 3. The van der Waals surface area contributed by atoms with Gasteiger partial charge in [-0.25, -0.2) is 9.78 Å². The number of H-pyrrole nitrogens is 1. The zero-order valence-corrected chi connectivity index (χ0v) is 25.6. The van der Waals surface area contributed by atoms with Gasteiger partial charge in [0.15, 0.2) is 5.82 Å². The van der Waals surface area contributed by atoms with Crippen LogP contribution in [-0.2, 0) is 19.3 Å². The lowest BCUT2D eigenvalue weighted by atomic mass is 9.94. The number of aromatic nitrogens is 4. The molecule has 0 saturated heterocycles. The second-order valence-corrected chi connectivity index (χ2v) is 11.5. The van der Waals surface area contributed by atoms with Crippen molar-refractivity contribution < 1.29 is 9.26 Å². The third-order valence-electron chi connectivity index (χ3n) is 7.87. The van der Waals surface area contributed by atoms with E-state index in [0.29, 0.717) is 23.6 Å². The van der Waals surface area contributed by atoms with Crippen molar-refractivity contribution in [1.29, 1.82) is 0 Å². The van der Waals surface area contributed by atoms with Crippen LogP contribution in [0.3, 0.4) is 0 Å². The average Bonchev–Trinajstić information content (AvgIpc) is 3.41. The first-order valence-electron chi connectivity index (χ1n) is 14.4. The third kappa shape index (κ3) is 6.06. The predicted octanol–water partition coefficient (Wildman–Crippen LogP) is 6.62. The molecule has 0 unspecified atom stereocenters. The molecule has 5 aromatic rings. The number of nitrogens with zero attached hydrogens (tertiary/aromatic N) is 3. The molecule has 9 heteroatoms. The molecule has 43 heavy (non-hydrogen) atoms. The number of rotatable bonds is 7. The van der Waals surface area contributed by atoms with E-state index < -0.39 is 5.76 Å². The highest BCUT2D eigenvalue weighted by Gasteiger charge is 2.27. The van der Waals surface area contributed by atoms with Gasteiger partial charge in [0.05, 0.1) is 11.4 Å². The normalized spacial score (nSPS) is 13.6. The second kappa shape index (κ2) is 12.1. The van der Waals surface area contributed by atoms with Crippen LogP contribution < -0.4 is 16.1 Å². The summed E-state index contributed by atoms with van der Waals surface area (Å²) < 4.78 is 12.6. The molecule has 2 aromatic heterocycles. The summed E-state index contributed by atoms with van der Waals surface area (Å²) in [5, 5.41) is 3.86. The summed E-state index contributed by atoms with van der Waals surface area (Å²) in [7, 11) is 0. The van der Waals surface area contributed by atoms with Crippen LogP contribution in [0, 0.1) is 6.92 Å². The molecule has 6 rings (SSSR count). The molecule has 3 aromatic carbocycles. The smallest absolute Gasteiger partial charge is 0.439 e. The van der Waals surface area contributed by atoms with Crippen LogP contribution in [-0.4, -0.2) is 25.3 Å². The number of aromatic amines is 1. The van der Waals surface area contributed by atoms with Crippen LogP contribution in [0.4, 0.5) is 0 Å². The van der Waals surface area contributed by atoms with Gasteiger partial charge < -0.3 is 4.74 Å². The lowest BCUT2D eigenvalue weighted by molar-refractivity contribution is 0.0847. The van der Waals surface area contributed by atoms with Crippen LogP contribution in [0.5, 0.6) is 5.75 Å². The first-order chi connectivity index (χ1) is 20.2. The fraction of sp³-hybridized carbons (Fsp3) is 0.294. The van der Waals surface area contributed by atoms with E-state index in [-0.39, 0.29) is 23.6 Å². The Morgan fingerprint density at radius 1 is 1.00 bits per heavy atom. The fourth-order valence-corrected chi connectivity index (χ4v) is 5.72. The summed E-state index contributed by atoms with van der Waals surface area (Å²) in [5.41, 5.74) is 6.93. The van der Waals surface area contributed by atoms with Gasteiger partial charge in [-0.15, -0.1) is 12.4 Å². The Morgan fingerprint density at radius 2 is 1.74 bits per heavy atom. The van der Waals surface area contributed by atoms with Gasteiger partial charge in [0.1, 0.15) is 17.2 Å². The van der Waals surface area contributed by atoms with Gasteiger partial charge >= 0.3 is 5.76 Å². The minimum atomic E-state index is -0.594. The van der Waals surface area contributed by atoms with Crippen molar-refractivity contribution in [1.82, 2.24) is 19.7 Å². The molecule has 0 aliphatic carbocycles. The molecule has 1 N–H and O–H groups in total. The number of nitrogens with one attached hydrogen (secondary N) is 1. The van der Waals surface area contributed by atoms with Gasteiger partial charge in [-0.05, 0) is 80.5 Å². The lowest BCUT2D eigenvalue weighted by Crippen LogP contribution is -2.33. The van der Waals surface area contributed by atoms with E-state index in [4.69, 9.17) is 14.2 Å².